The zero-order valence-corrected chi connectivity index (χ0v) is 28.4. The van der Waals surface area contributed by atoms with Crippen molar-refractivity contribution in [3.63, 3.8) is 0 Å². The zero-order chi connectivity index (χ0) is 35.4. The molecule has 5 heterocycles. The van der Waals surface area contributed by atoms with Crippen LogP contribution in [0.5, 0.6) is 11.5 Å². The molecule has 1 saturated heterocycles. The van der Waals surface area contributed by atoms with Crippen molar-refractivity contribution in [3.8, 4) is 11.5 Å². The lowest BCUT2D eigenvalue weighted by Gasteiger charge is -2.34. The number of aromatic amines is 1. The van der Waals surface area contributed by atoms with Crippen LogP contribution in [0.15, 0.2) is 48.8 Å². The van der Waals surface area contributed by atoms with Gasteiger partial charge in [-0.1, -0.05) is 19.1 Å². The Morgan fingerprint density at radius 1 is 1.06 bits per heavy atom. The molecule has 6 rings (SSSR count). The highest BCUT2D eigenvalue weighted by Gasteiger charge is 2.35. The van der Waals surface area contributed by atoms with E-state index in [-0.39, 0.29) is 49.3 Å². The van der Waals surface area contributed by atoms with Crippen LogP contribution < -0.4 is 4.74 Å². The second-order valence-corrected chi connectivity index (χ2v) is 13.3. The molecule has 266 valence electrons. The third-order valence-electron chi connectivity index (χ3n) is 9.67. The average Bonchev–Trinajstić information content (AvgIpc) is 3.55. The second-order valence-electron chi connectivity index (χ2n) is 13.3. The summed E-state index contributed by atoms with van der Waals surface area (Å²) in [7, 11) is 2.00. The van der Waals surface area contributed by atoms with E-state index in [1.165, 1.54) is 6.07 Å². The van der Waals surface area contributed by atoms with Gasteiger partial charge in [-0.15, -0.1) is 0 Å². The molecule has 3 aromatic heterocycles. The van der Waals surface area contributed by atoms with Crippen LogP contribution in [0.2, 0.25) is 0 Å². The highest BCUT2D eigenvalue weighted by molar-refractivity contribution is 6.00. The van der Waals surface area contributed by atoms with Gasteiger partial charge >= 0.3 is 6.18 Å². The molecule has 1 amide bonds. The first-order valence-electron chi connectivity index (χ1n) is 17.2. The summed E-state index contributed by atoms with van der Waals surface area (Å²) in [6.45, 7) is 5.99. The third kappa shape index (κ3) is 8.17. The summed E-state index contributed by atoms with van der Waals surface area (Å²) in [5.74, 6) is 0.562. The topological polar surface area (TPSA) is 115 Å². The van der Waals surface area contributed by atoms with Gasteiger partial charge in [0.15, 0.2) is 5.78 Å². The van der Waals surface area contributed by atoms with Gasteiger partial charge in [0.2, 0.25) is 5.91 Å². The lowest BCUT2D eigenvalue weighted by molar-refractivity contribution is -0.139. The van der Waals surface area contributed by atoms with Crippen LogP contribution in [0, 0.1) is 0 Å². The van der Waals surface area contributed by atoms with Gasteiger partial charge in [0, 0.05) is 71.0 Å². The summed E-state index contributed by atoms with van der Waals surface area (Å²) in [4.78, 5) is 44.3. The van der Waals surface area contributed by atoms with Gasteiger partial charge in [-0.25, -0.2) is 4.98 Å². The number of Topliss-reactive ketones (excluding diaryl/α,β-unsaturated/α-hetero) is 1. The van der Waals surface area contributed by atoms with Crippen LogP contribution in [0.4, 0.5) is 13.2 Å². The number of piperazine rings is 1. The molecule has 0 unspecified atom stereocenters. The van der Waals surface area contributed by atoms with E-state index in [1.807, 2.05) is 24.9 Å². The minimum absolute atomic E-state index is 0.0352. The standard InChI is InChI=1S/C37H43F3N6O4/c1-3-25-22-46(34(49)17-24-7-8-26(30(16-24)37(38,39)40)21-45-13-11-44(2)12-14-45)23-27-18-28(20-42-35(25)27)50-33-9-10-41-36-29(33)19-31(43-36)32(48)6-4-5-15-47/h7-10,16,18-20,25,47H,3-6,11-15,17,21-23H2,1-2H3,(H,41,43)/t25-/m0/s1. The number of likely N-dealkylation sites (N-methyl/N-ethyl adjacent to an activating group) is 1. The molecule has 2 aliphatic rings. The molecule has 4 aromatic rings. The van der Waals surface area contributed by atoms with Crippen molar-refractivity contribution in [1.82, 2.24) is 29.7 Å². The first kappa shape index (κ1) is 35.5. The fourth-order valence-electron chi connectivity index (χ4n) is 6.75. The van der Waals surface area contributed by atoms with Crippen molar-refractivity contribution in [2.45, 2.75) is 64.2 Å². The molecule has 1 aromatic carbocycles. The number of nitrogens with one attached hydrogen (secondary N) is 1. The number of ether oxygens (including phenoxy) is 1. The molecule has 10 nitrogen and oxygen atoms in total. The van der Waals surface area contributed by atoms with Crippen LogP contribution in [0.25, 0.3) is 11.0 Å². The van der Waals surface area contributed by atoms with Gasteiger partial charge in [-0.05, 0) is 67.3 Å². The van der Waals surface area contributed by atoms with E-state index < -0.39 is 11.7 Å². The Kier molecular flexibility index (Phi) is 10.8. The van der Waals surface area contributed by atoms with Gasteiger partial charge in [0.1, 0.15) is 17.1 Å². The number of unbranched alkanes of at least 4 members (excludes halogenated alkanes) is 1. The number of ketones is 1. The Morgan fingerprint density at radius 3 is 2.60 bits per heavy atom. The summed E-state index contributed by atoms with van der Waals surface area (Å²) in [6.07, 6.45) is 0.714. The van der Waals surface area contributed by atoms with Crippen LogP contribution in [-0.2, 0) is 30.5 Å². The number of nitrogens with zero attached hydrogens (tertiary/aromatic N) is 5. The number of amides is 1. The molecule has 1 fully saturated rings. The molecule has 50 heavy (non-hydrogen) atoms. The van der Waals surface area contributed by atoms with Crippen LogP contribution in [-0.4, -0.2) is 92.8 Å². The number of H-pyrrole nitrogens is 1. The smallest absolute Gasteiger partial charge is 0.416 e. The largest absolute Gasteiger partial charge is 0.455 e. The number of aliphatic hydroxyl groups excluding tert-OH is 1. The summed E-state index contributed by atoms with van der Waals surface area (Å²) in [6, 6.07) is 9.56. The molecule has 1 atom stereocenters. The van der Waals surface area contributed by atoms with E-state index in [4.69, 9.17) is 14.8 Å². The molecular weight excluding hydrogens is 649 g/mol. The Labute approximate surface area is 289 Å². The monoisotopic (exact) mass is 692 g/mol. The molecule has 0 bridgehead atoms. The zero-order valence-electron chi connectivity index (χ0n) is 28.4. The number of aromatic nitrogens is 3. The Hall–Kier alpha value is -4.33. The van der Waals surface area contributed by atoms with E-state index in [1.54, 1.807) is 35.5 Å². The molecule has 0 saturated carbocycles. The first-order valence-corrected chi connectivity index (χ1v) is 17.2. The van der Waals surface area contributed by atoms with Gasteiger partial charge in [-0.2, -0.15) is 13.2 Å². The first-order chi connectivity index (χ1) is 24.0. The minimum atomic E-state index is -4.53. The summed E-state index contributed by atoms with van der Waals surface area (Å²) in [5, 5.41) is 9.66. The van der Waals surface area contributed by atoms with Crippen molar-refractivity contribution in [1.29, 1.82) is 0 Å². The highest BCUT2D eigenvalue weighted by atomic mass is 19.4. The normalized spacial score (nSPS) is 17.2. The Bertz CT molecular complexity index is 1840. The number of aliphatic hydroxyl groups is 1. The molecule has 0 spiro atoms. The van der Waals surface area contributed by atoms with Gasteiger partial charge in [0.05, 0.1) is 35.0 Å². The van der Waals surface area contributed by atoms with Crippen molar-refractivity contribution in [3.05, 3.63) is 82.4 Å². The Morgan fingerprint density at radius 2 is 1.86 bits per heavy atom. The van der Waals surface area contributed by atoms with Gasteiger partial charge in [0.25, 0.3) is 0 Å². The van der Waals surface area contributed by atoms with E-state index in [0.29, 0.717) is 72.7 Å². The maximum atomic E-state index is 14.2. The number of hydrogen-bond donors (Lipinski definition) is 2. The number of rotatable bonds is 12. The fourth-order valence-corrected chi connectivity index (χ4v) is 6.75. The number of alkyl halides is 3. The number of benzene rings is 1. The average molecular weight is 693 g/mol. The lowest BCUT2D eigenvalue weighted by Crippen LogP contribution is -2.44. The van der Waals surface area contributed by atoms with Crippen LogP contribution in [0.3, 0.4) is 0 Å². The molecule has 2 aliphatic heterocycles. The number of carbonyl (C=O) groups excluding carboxylic acids is 2. The van der Waals surface area contributed by atoms with Crippen molar-refractivity contribution < 1.29 is 32.6 Å². The van der Waals surface area contributed by atoms with E-state index in [0.717, 1.165) is 36.8 Å². The fraction of sp³-hybridized carbons (Fsp3) is 0.459. The number of fused-ring (bicyclic) bond motifs is 2. The van der Waals surface area contributed by atoms with E-state index >= 15 is 0 Å². The summed E-state index contributed by atoms with van der Waals surface area (Å²) < 4.78 is 48.9. The van der Waals surface area contributed by atoms with Crippen molar-refractivity contribution in [2.75, 3.05) is 46.4 Å². The number of carbonyl (C=O) groups is 2. The van der Waals surface area contributed by atoms with Gasteiger partial charge < -0.3 is 24.6 Å². The maximum Gasteiger partial charge on any atom is 0.416 e. The van der Waals surface area contributed by atoms with Gasteiger partial charge in [-0.3, -0.25) is 19.5 Å². The van der Waals surface area contributed by atoms with Crippen LogP contribution in [0.1, 0.15) is 77.0 Å². The molecule has 13 heteroatoms. The lowest BCUT2D eigenvalue weighted by atomic mass is 9.92. The number of pyridine rings is 2. The van der Waals surface area contributed by atoms with E-state index in [9.17, 15) is 22.8 Å². The third-order valence-corrected chi connectivity index (χ3v) is 9.67. The van der Waals surface area contributed by atoms with E-state index in [2.05, 4.69) is 14.9 Å². The minimum Gasteiger partial charge on any atom is -0.455 e. The summed E-state index contributed by atoms with van der Waals surface area (Å²) >= 11 is 0. The Balaban J connectivity index is 1.17. The van der Waals surface area contributed by atoms with Crippen LogP contribution >= 0.6 is 0 Å². The quantitative estimate of drug-likeness (QED) is 0.139. The summed E-state index contributed by atoms with van der Waals surface area (Å²) in [5.41, 5.74) is 2.47. The number of hydrogen-bond acceptors (Lipinski definition) is 8. The number of halogens is 3. The van der Waals surface area contributed by atoms with Crippen molar-refractivity contribution in [2.24, 2.45) is 0 Å². The second kappa shape index (κ2) is 15.3. The molecule has 2 N–H and O–H groups in total. The highest BCUT2D eigenvalue weighted by Crippen LogP contribution is 2.36. The van der Waals surface area contributed by atoms with Crippen molar-refractivity contribution >= 4 is 22.7 Å². The molecular formula is C37H43F3N6O4. The molecule has 0 radical (unpaired) electrons. The molecule has 0 aliphatic carbocycles. The SMILES string of the molecule is CC[C@H]1CN(C(=O)Cc2ccc(CN3CCN(C)CC3)c(C(F)(F)F)c2)Cc2cc(Oc3ccnc4[nH]c(C(=O)CCCCO)cc34)cnc21. The predicted molar refractivity (Wildman–Crippen MR) is 182 cm³/mol. The predicted octanol–water partition coefficient (Wildman–Crippen LogP) is 5.94. The maximum absolute atomic E-state index is 14.2.